The van der Waals surface area contributed by atoms with Gasteiger partial charge in [0.25, 0.3) is 5.91 Å². The van der Waals surface area contributed by atoms with E-state index in [1.807, 2.05) is 12.1 Å². The Labute approximate surface area is 151 Å². The van der Waals surface area contributed by atoms with Crippen LogP contribution in [-0.4, -0.2) is 28.5 Å². The number of aromatic nitrogens is 1. The van der Waals surface area contributed by atoms with E-state index < -0.39 is 5.97 Å². The molecule has 0 saturated heterocycles. The molecule has 0 unspecified atom stereocenters. The van der Waals surface area contributed by atoms with Crippen molar-refractivity contribution in [3.63, 3.8) is 0 Å². The second-order valence-corrected chi connectivity index (χ2v) is 7.39. The lowest BCUT2D eigenvalue weighted by Gasteiger charge is -2.09. The minimum absolute atomic E-state index is 0.372. The van der Waals surface area contributed by atoms with Gasteiger partial charge in [-0.25, -0.2) is 4.98 Å². The summed E-state index contributed by atoms with van der Waals surface area (Å²) in [4.78, 5) is 28.6. The molecule has 0 spiro atoms. The molecule has 1 aromatic carbocycles. The molecule has 6 heteroatoms. The highest BCUT2D eigenvalue weighted by Crippen LogP contribution is 2.41. The Bertz CT molecular complexity index is 761. The van der Waals surface area contributed by atoms with E-state index in [0.717, 1.165) is 17.0 Å². The molecule has 25 heavy (non-hydrogen) atoms. The Hall–Kier alpha value is -2.21. The van der Waals surface area contributed by atoms with Gasteiger partial charge in [0.1, 0.15) is 6.54 Å². The zero-order chi connectivity index (χ0) is 17.8. The summed E-state index contributed by atoms with van der Waals surface area (Å²) in [7, 11) is 0. The normalized spacial score (nSPS) is 14.6. The predicted octanol–water partition coefficient (Wildman–Crippen LogP) is 3.84. The maximum atomic E-state index is 11.9. The molecule has 5 nitrogen and oxygen atoms in total. The molecule has 1 aliphatic carbocycles. The zero-order valence-corrected chi connectivity index (χ0v) is 15.1. The van der Waals surface area contributed by atoms with Crippen LogP contribution in [0.2, 0.25) is 0 Å². The SMILES string of the molecule is CCc1nc(C2CCCC2)c(-c2ccc(C(=O)NCC(=O)O)cc2)s1. The third-order valence-corrected chi connectivity index (χ3v) is 5.82. The molecule has 1 amide bonds. The van der Waals surface area contributed by atoms with Gasteiger partial charge in [-0.3, -0.25) is 9.59 Å². The van der Waals surface area contributed by atoms with Crippen LogP contribution in [0.5, 0.6) is 0 Å². The summed E-state index contributed by atoms with van der Waals surface area (Å²) in [6, 6.07) is 7.36. The van der Waals surface area contributed by atoms with Gasteiger partial charge in [-0.1, -0.05) is 31.9 Å². The molecule has 0 radical (unpaired) electrons. The first-order valence-corrected chi connectivity index (χ1v) is 9.50. The summed E-state index contributed by atoms with van der Waals surface area (Å²) < 4.78 is 0. The largest absolute Gasteiger partial charge is 0.480 e. The maximum Gasteiger partial charge on any atom is 0.322 e. The molecule has 3 rings (SSSR count). The number of rotatable bonds is 6. The molecule has 1 saturated carbocycles. The number of carbonyl (C=O) groups is 2. The van der Waals surface area contributed by atoms with Crippen LogP contribution in [0.1, 0.15) is 59.6 Å². The van der Waals surface area contributed by atoms with Crippen LogP contribution in [0.15, 0.2) is 24.3 Å². The smallest absolute Gasteiger partial charge is 0.322 e. The Kier molecular flexibility index (Phi) is 5.48. The van der Waals surface area contributed by atoms with Crippen molar-refractivity contribution in [3.8, 4) is 10.4 Å². The number of carboxylic acid groups (broad SMARTS) is 1. The molecule has 2 aromatic rings. The first kappa shape index (κ1) is 17.6. The van der Waals surface area contributed by atoms with Gasteiger partial charge in [-0.05, 0) is 37.0 Å². The number of nitrogens with zero attached hydrogens (tertiary/aromatic N) is 1. The van der Waals surface area contributed by atoms with Crippen molar-refractivity contribution in [3.05, 3.63) is 40.5 Å². The minimum atomic E-state index is -1.05. The van der Waals surface area contributed by atoms with E-state index in [0.29, 0.717) is 11.5 Å². The van der Waals surface area contributed by atoms with Crippen LogP contribution >= 0.6 is 11.3 Å². The molecule has 1 aliphatic rings. The van der Waals surface area contributed by atoms with Crippen LogP contribution in [0, 0.1) is 0 Å². The van der Waals surface area contributed by atoms with Crippen LogP contribution in [0.4, 0.5) is 0 Å². The van der Waals surface area contributed by atoms with Crippen molar-refractivity contribution in [1.82, 2.24) is 10.3 Å². The molecule has 1 aromatic heterocycles. The number of carbonyl (C=O) groups excluding carboxylic acids is 1. The number of hydrogen-bond donors (Lipinski definition) is 2. The van der Waals surface area contributed by atoms with Crippen LogP contribution in [0.3, 0.4) is 0 Å². The van der Waals surface area contributed by atoms with E-state index in [9.17, 15) is 9.59 Å². The number of aryl methyl sites for hydroxylation is 1. The van der Waals surface area contributed by atoms with Crippen molar-refractivity contribution in [2.45, 2.75) is 44.9 Å². The quantitative estimate of drug-likeness (QED) is 0.822. The molecule has 132 valence electrons. The first-order chi connectivity index (χ1) is 12.1. The first-order valence-electron chi connectivity index (χ1n) is 8.68. The van der Waals surface area contributed by atoms with Gasteiger partial charge in [0, 0.05) is 11.5 Å². The summed E-state index contributed by atoms with van der Waals surface area (Å²) in [5, 5.41) is 12.2. The van der Waals surface area contributed by atoms with Gasteiger partial charge in [0.15, 0.2) is 0 Å². The van der Waals surface area contributed by atoms with Crippen LogP contribution in [0.25, 0.3) is 10.4 Å². The number of carboxylic acids is 1. The summed E-state index contributed by atoms with van der Waals surface area (Å²) in [6.07, 6.45) is 5.88. The number of benzene rings is 1. The van der Waals surface area contributed by atoms with Crippen LogP contribution in [-0.2, 0) is 11.2 Å². The highest BCUT2D eigenvalue weighted by atomic mass is 32.1. The fraction of sp³-hybridized carbons (Fsp3) is 0.421. The van der Waals surface area contributed by atoms with E-state index in [1.165, 1.54) is 36.3 Å². The highest BCUT2D eigenvalue weighted by molar-refractivity contribution is 7.15. The van der Waals surface area contributed by atoms with Crippen molar-refractivity contribution in [2.24, 2.45) is 0 Å². The fourth-order valence-corrected chi connectivity index (χ4v) is 4.34. The Balaban J connectivity index is 1.83. The molecule has 0 bridgehead atoms. The third kappa shape index (κ3) is 4.07. The van der Waals surface area contributed by atoms with Gasteiger partial charge >= 0.3 is 5.97 Å². The van der Waals surface area contributed by atoms with Gasteiger partial charge in [0.05, 0.1) is 15.6 Å². The van der Waals surface area contributed by atoms with E-state index in [2.05, 4.69) is 12.2 Å². The van der Waals surface area contributed by atoms with E-state index in [-0.39, 0.29) is 12.5 Å². The average Bonchev–Trinajstić information content (AvgIpc) is 3.28. The second-order valence-electron chi connectivity index (χ2n) is 6.31. The standard InChI is InChI=1S/C19H22N2O3S/c1-2-15-21-17(12-5-3-4-6-12)18(25-15)13-7-9-14(10-8-13)19(24)20-11-16(22)23/h7-10,12H,2-6,11H2,1H3,(H,20,24)(H,22,23). The number of nitrogens with one attached hydrogen (secondary N) is 1. The number of amides is 1. The fourth-order valence-electron chi connectivity index (χ4n) is 3.24. The van der Waals surface area contributed by atoms with Crippen LogP contribution < -0.4 is 5.32 Å². The molecule has 1 fully saturated rings. The molecule has 1 heterocycles. The van der Waals surface area contributed by atoms with E-state index in [1.54, 1.807) is 23.5 Å². The summed E-state index contributed by atoms with van der Waals surface area (Å²) in [6.45, 7) is 1.75. The van der Waals surface area contributed by atoms with Crippen molar-refractivity contribution in [1.29, 1.82) is 0 Å². The molecular weight excluding hydrogens is 336 g/mol. The summed E-state index contributed by atoms with van der Waals surface area (Å²) in [5.74, 6) is -0.878. The average molecular weight is 358 g/mol. The van der Waals surface area contributed by atoms with Gasteiger partial charge < -0.3 is 10.4 Å². The van der Waals surface area contributed by atoms with E-state index >= 15 is 0 Å². The molecule has 0 aliphatic heterocycles. The molecular formula is C19H22N2O3S. The lowest BCUT2D eigenvalue weighted by Crippen LogP contribution is -2.29. The van der Waals surface area contributed by atoms with Crippen molar-refractivity contribution < 1.29 is 14.7 Å². The van der Waals surface area contributed by atoms with Crippen molar-refractivity contribution >= 4 is 23.2 Å². The Morgan fingerprint density at radius 1 is 1.24 bits per heavy atom. The Morgan fingerprint density at radius 2 is 1.92 bits per heavy atom. The number of aliphatic carboxylic acids is 1. The topological polar surface area (TPSA) is 79.3 Å². The highest BCUT2D eigenvalue weighted by Gasteiger charge is 2.24. The van der Waals surface area contributed by atoms with Gasteiger partial charge in [-0.2, -0.15) is 0 Å². The maximum absolute atomic E-state index is 11.9. The minimum Gasteiger partial charge on any atom is -0.480 e. The summed E-state index contributed by atoms with van der Waals surface area (Å²) >= 11 is 1.74. The van der Waals surface area contributed by atoms with E-state index in [4.69, 9.17) is 10.1 Å². The second kappa shape index (κ2) is 7.78. The van der Waals surface area contributed by atoms with Gasteiger partial charge in [-0.15, -0.1) is 11.3 Å². The number of hydrogen-bond acceptors (Lipinski definition) is 4. The molecule has 0 atom stereocenters. The lowest BCUT2D eigenvalue weighted by molar-refractivity contribution is -0.135. The predicted molar refractivity (Wildman–Crippen MR) is 98.1 cm³/mol. The third-order valence-electron chi connectivity index (χ3n) is 4.55. The summed E-state index contributed by atoms with van der Waals surface area (Å²) in [5.41, 5.74) is 2.75. The molecule has 2 N–H and O–H groups in total. The number of thiazole rings is 1. The monoisotopic (exact) mass is 358 g/mol. The lowest BCUT2D eigenvalue weighted by atomic mass is 9.99. The zero-order valence-electron chi connectivity index (χ0n) is 14.2. The van der Waals surface area contributed by atoms with Gasteiger partial charge in [0.2, 0.25) is 0 Å². The van der Waals surface area contributed by atoms with Crippen molar-refractivity contribution in [2.75, 3.05) is 6.54 Å². The Morgan fingerprint density at radius 3 is 2.52 bits per heavy atom.